The first-order valence-electron chi connectivity index (χ1n) is 8.53. The fourth-order valence-electron chi connectivity index (χ4n) is 2.85. The van der Waals surface area contributed by atoms with Crippen molar-refractivity contribution < 1.29 is 4.92 Å². The molecular formula is C20H15N5O3. The molecule has 0 radical (unpaired) electrons. The van der Waals surface area contributed by atoms with E-state index in [1.807, 2.05) is 42.5 Å². The quantitative estimate of drug-likeness (QED) is 0.395. The van der Waals surface area contributed by atoms with Gasteiger partial charge in [0, 0.05) is 18.7 Å². The van der Waals surface area contributed by atoms with Gasteiger partial charge in [0.05, 0.1) is 16.8 Å². The second kappa shape index (κ2) is 7.28. The third-order valence-electron chi connectivity index (χ3n) is 4.27. The van der Waals surface area contributed by atoms with E-state index < -0.39 is 4.92 Å². The molecule has 0 aliphatic carbocycles. The lowest BCUT2D eigenvalue weighted by molar-refractivity contribution is -0.384. The lowest BCUT2D eigenvalue weighted by Crippen LogP contribution is -2.19. The van der Waals surface area contributed by atoms with Crippen LogP contribution in [0, 0.1) is 10.1 Å². The molecular weight excluding hydrogens is 358 g/mol. The molecule has 0 amide bonds. The Kier molecular flexibility index (Phi) is 4.51. The third-order valence-corrected chi connectivity index (χ3v) is 4.27. The summed E-state index contributed by atoms with van der Waals surface area (Å²) in [6, 6.07) is 15.7. The molecule has 4 aromatic rings. The summed E-state index contributed by atoms with van der Waals surface area (Å²) in [5.74, 6) is 0. The summed E-state index contributed by atoms with van der Waals surface area (Å²) < 4.78 is 2.99. The highest BCUT2D eigenvalue weighted by Crippen LogP contribution is 2.17. The zero-order chi connectivity index (χ0) is 19.5. The van der Waals surface area contributed by atoms with E-state index in [4.69, 9.17) is 0 Å². The third kappa shape index (κ3) is 3.30. The molecule has 8 heteroatoms. The lowest BCUT2D eigenvalue weighted by atomic mass is 10.2. The molecule has 8 nitrogen and oxygen atoms in total. The fourth-order valence-corrected chi connectivity index (χ4v) is 2.85. The van der Waals surface area contributed by atoms with E-state index >= 15 is 0 Å². The Bertz CT molecular complexity index is 1220. The van der Waals surface area contributed by atoms with Crippen molar-refractivity contribution in [1.82, 2.24) is 19.3 Å². The number of non-ortho nitro benzene ring substituents is 1. The Morgan fingerprint density at radius 2 is 1.82 bits per heavy atom. The monoisotopic (exact) mass is 373 g/mol. The number of allylic oxidation sites excluding steroid dienone is 1. The van der Waals surface area contributed by atoms with Crippen molar-refractivity contribution >= 4 is 22.8 Å². The molecule has 0 saturated heterocycles. The van der Waals surface area contributed by atoms with Crippen molar-refractivity contribution in [2.45, 2.75) is 6.54 Å². The summed E-state index contributed by atoms with van der Waals surface area (Å²) in [7, 11) is 0. The largest absolute Gasteiger partial charge is 0.295 e. The SMILES string of the molecule is O=c1c2cnn(-c3ccc([N+](=O)[O-])cc3)c2ncn1CC=Cc1ccccc1. The van der Waals surface area contributed by atoms with Crippen molar-refractivity contribution in [3.63, 3.8) is 0 Å². The van der Waals surface area contributed by atoms with E-state index in [1.54, 1.807) is 12.1 Å². The number of nitro groups is 1. The van der Waals surface area contributed by atoms with E-state index in [2.05, 4.69) is 10.1 Å². The second-order valence-electron chi connectivity index (χ2n) is 6.08. The Morgan fingerprint density at radius 3 is 2.54 bits per heavy atom. The standard InChI is InChI=1S/C20H15N5O3/c26-20-18-13-22-24(16-8-10-17(11-9-16)25(27)28)19(18)21-14-23(20)12-4-7-15-5-2-1-3-6-15/h1-11,13-14H,12H2. The number of fused-ring (bicyclic) bond motifs is 1. The number of hydrogen-bond donors (Lipinski definition) is 0. The first-order chi connectivity index (χ1) is 13.6. The van der Waals surface area contributed by atoms with E-state index in [9.17, 15) is 14.9 Å². The van der Waals surface area contributed by atoms with Gasteiger partial charge in [-0.25, -0.2) is 9.67 Å². The van der Waals surface area contributed by atoms with E-state index in [0.29, 0.717) is 23.3 Å². The summed E-state index contributed by atoms with van der Waals surface area (Å²) in [4.78, 5) is 27.4. The molecule has 0 atom stereocenters. The van der Waals surface area contributed by atoms with Crippen molar-refractivity contribution in [1.29, 1.82) is 0 Å². The summed E-state index contributed by atoms with van der Waals surface area (Å²) in [6.07, 6.45) is 6.77. The van der Waals surface area contributed by atoms with Crippen LogP contribution in [0.25, 0.3) is 22.8 Å². The van der Waals surface area contributed by atoms with Gasteiger partial charge in [0.15, 0.2) is 5.65 Å². The van der Waals surface area contributed by atoms with Gasteiger partial charge >= 0.3 is 0 Å². The highest BCUT2D eigenvalue weighted by molar-refractivity contribution is 5.75. The van der Waals surface area contributed by atoms with Crippen molar-refractivity contribution in [3.8, 4) is 5.69 Å². The maximum absolute atomic E-state index is 12.7. The van der Waals surface area contributed by atoms with Gasteiger partial charge in [-0.2, -0.15) is 5.10 Å². The number of rotatable bonds is 5. The van der Waals surface area contributed by atoms with Gasteiger partial charge in [0.2, 0.25) is 0 Å². The highest BCUT2D eigenvalue weighted by atomic mass is 16.6. The van der Waals surface area contributed by atoms with E-state index in [1.165, 1.54) is 33.9 Å². The van der Waals surface area contributed by atoms with Crippen LogP contribution in [0.15, 0.2) is 78.0 Å². The van der Waals surface area contributed by atoms with E-state index in [-0.39, 0.29) is 11.2 Å². The van der Waals surface area contributed by atoms with E-state index in [0.717, 1.165) is 5.56 Å². The number of nitro benzene ring substituents is 1. The molecule has 0 saturated carbocycles. The minimum Gasteiger partial charge on any atom is -0.295 e. The molecule has 0 N–H and O–H groups in total. The molecule has 2 aromatic heterocycles. The van der Waals surface area contributed by atoms with Crippen LogP contribution in [0.4, 0.5) is 5.69 Å². The number of hydrogen-bond acceptors (Lipinski definition) is 5. The fraction of sp³-hybridized carbons (Fsp3) is 0.0500. The van der Waals surface area contributed by atoms with Gasteiger partial charge in [-0.05, 0) is 17.7 Å². The molecule has 4 rings (SSSR count). The molecule has 2 aromatic carbocycles. The average molecular weight is 373 g/mol. The molecule has 138 valence electrons. The van der Waals surface area contributed by atoms with Gasteiger partial charge in [0.25, 0.3) is 11.2 Å². The van der Waals surface area contributed by atoms with Gasteiger partial charge in [-0.3, -0.25) is 19.5 Å². The lowest BCUT2D eigenvalue weighted by Gasteiger charge is -2.04. The Hall–Kier alpha value is -4.07. The molecule has 0 bridgehead atoms. The summed E-state index contributed by atoms with van der Waals surface area (Å²) >= 11 is 0. The Morgan fingerprint density at radius 1 is 1.07 bits per heavy atom. The smallest absolute Gasteiger partial charge is 0.269 e. The van der Waals surface area contributed by atoms with Gasteiger partial charge in [-0.15, -0.1) is 0 Å². The summed E-state index contributed by atoms with van der Waals surface area (Å²) in [5.41, 5.74) is 1.84. The van der Waals surface area contributed by atoms with Crippen LogP contribution in [0.2, 0.25) is 0 Å². The first kappa shape index (κ1) is 17.3. The second-order valence-corrected chi connectivity index (χ2v) is 6.08. The predicted molar refractivity (Wildman–Crippen MR) is 105 cm³/mol. The minimum absolute atomic E-state index is 0.0132. The van der Waals surface area contributed by atoms with Crippen LogP contribution < -0.4 is 5.56 Å². The maximum Gasteiger partial charge on any atom is 0.269 e. The van der Waals surface area contributed by atoms with Crippen molar-refractivity contribution in [2.75, 3.05) is 0 Å². The molecule has 2 heterocycles. The summed E-state index contributed by atoms with van der Waals surface area (Å²) in [5, 5.41) is 15.4. The number of benzene rings is 2. The zero-order valence-electron chi connectivity index (χ0n) is 14.7. The topological polar surface area (TPSA) is 95.8 Å². The number of aromatic nitrogens is 4. The molecule has 0 unspecified atom stereocenters. The van der Waals surface area contributed by atoms with Crippen LogP contribution in [-0.2, 0) is 6.54 Å². The van der Waals surface area contributed by atoms with Crippen LogP contribution in [0.5, 0.6) is 0 Å². The molecule has 0 spiro atoms. The number of nitrogens with zero attached hydrogens (tertiary/aromatic N) is 5. The zero-order valence-corrected chi connectivity index (χ0v) is 14.7. The van der Waals surface area contributed by atoms with Gasteiger partial charge in [-0.1, -0.05) is 42.5 Å². The molecule has 0 fully saturated rings. The average Bonchev–Trinajstić information content (AvgIpc) is 3.15. The van der Waals surface area contributed by atoms with Gasteiger partial charge in [0.1, 0.15) is 11.7 Å². The summed E-state index contributed by atoms with van der Waals surface area (Å²) in [6.45, 7) is 0.388. The Labute approximate surface area is 159 Å². The minimum atomic E-state index is -0.467. The highest BCUT2D eigenvalue weighted by Gasteiger charge is 2.12. The van der Waals surface area contributed by atoms with Crippen LogP contribution >= 0.6 is 0 Å². The van der Waals surface area contributed by atoms with Crippen molar-refractivity contribution in [2.24, 2.45) is 0 Å². The Balaban J connectivity index is 1.63. The van der Waals surface area contributed by atoms with Crippen molar-refractivity contribution in [3.05, 3.63) is 99.2 Å². The predicted octanol–water partition coefficient (Wildman–Crippen LogP) is 3.20. The molecule has 28 heavy (non-hydrogen) atoms. The van der Waals surface area contributed by atoms with Gasteiger partial charge < -0.3 is 0 Å². The normalized spacial score (nSPS) is 11.3. The maximum atomic E-state index is 12.7. The van der Waals surface area contributed by atoms with Crippen LogP contribution in [0.1, 0.15) is 5.56 Å². The van der Waals surface area contributed by atoms with Crippen LogP contribution in [-0.4, -0.2) is 24.3 Å². The molecule has 0 aliphatic heterocycles. The van der Waals surface area contributed by atoms with Crippen LogP contribution in [0.3, 0.4) is 0 Å². The first-order valence-corrected chi connectivity index (χ1v) is 8.53. The molecule has 0 aliphatic rings.